The third-order valence-electron chi connectivity index (χ3n) is 1.14. The van der Waals surface area contributed by atoms with Crippen LogP contribution in [0.4, 0.5) is 26.3 Å². The third kappa shape index (κ3) is 12.5. The van der Waals surface area contributed by atoms with E-state index in [0.29, 0.717) is 6.26 Å². The van der Waals surface area contributed by atoms with Crippen LogP contribution in [0.3, 0.4) is 0 Å². The molecule has 20 heavy (non-hydrogen) atoms. The molecule has 0 bridgehead atoms. The molecule has 0 amide bonds. The van der Waals surface area contributed by atoms with Crippen molar-refractivity contribution in [2.45, 2.75) is 19.3 Å². The Kier molecular flexibility index (Phi) is 8.36. The largest absolute Gasteiger partial charge is 0.491 e. The van der Waals surface area contributed by atoms with Gasteiger partial charge in [0, 0.05) is 5.57 Å². The fourth-order valence-corrected chi connectivity index (χ4v) is 0.413. The molecule has 0 aromatic heterocycles. The lowest BCUT2D eigenvalue weighted by Gasteiger charge is -2.06. The molecule has 0 aliphatic heterocycles. The summed E-state index contributed by atoms with van der Waals surface area (Å²) in [6.07, 6.45) is -8.96. The van der Waals surface area contributed by atoms with E-state index >= 15 is 0 Å². The summed E-state index contributed by atoms with van der Waals surface area (Å²) in [5, 5.41) is 0. The summed E-state index contributed by atoms with van der Waals surface area (Å²) in [6, 6.07) is 0. The van der Waals surface area contributed by atoms with Gasteiger partial charge >= 0.3 is 24.3 Å². The second-order valence-corrected chi connectivity index (χ2v) is 3.04. The maximum Gasteiger partial charge on any atom is 0.491 e. The molecule has 0 spiro atoms. The molecule has 116 valence electrons. The number of alkyl halides is 6. The minimum atomic E-state index is -4.92. The number of esters is 2. The van der Waals surface area contributed by atoms with Crippen molar-refractivity contribution in [3.05, 3.63) is 25.0 Å². The van der Waals surface area contributed by atoms with Crippen LogP contribution in [0.2, 0.25) is 0 Å². The summed E-state index contributed by atoms with van der Waals surface area (Å²) in [7, 11) is 0. The van der Waals surface area contributed by atoms with Crippen LogP contribution in [-0.2, 0) is 19.1 Å². The van der Waals surface area contributed by atoms with Crippen molar-refractivity contribution in [3.63, 3.8) is 0 Å². The Balaban J connectivity index is 0. The molecular weight excluding hydrogens is 298 g/mol. The van der Waals surface area contributed by atoms with Gasteiger partial charge in [0.15, 0.2) is 6.61 Å². The Morgan fingerprint density at radius 1 is 1.15 bits per heavy atom. The number of hydrogen-bond donors (Lipinski definition) is 0. The zero-order valence-electron chi connectivity index (χ0n) is 10.1. The maximum absolute atomic E-state index is 11.4. The number of halogens is 6. The molecule has 0 aromatic carbocycles. The van der Waals surface area contributed by atoms with Gasteiger partial charge in [-0.05, 0) is 6.92 Å². The minimum Gasteiger partial charge on any atom is -0.453 e. The fourth-order valence-electron chi connectivity index (χ4n) is 0.413. The molecule has 0 atom stereocenters. The Hall–Kier alpha value is -2.00. The number of rotatable bonds is 3. The van der Waals surface area contributed by atoms with Gasteiger partial charge in [0.05, 0.1) is 6.26 Å². The van der Waals surface area contributed by atoms with Crippen molar-refractivity contribution in [2.24, 2.45) is 0 Å². The van der Waals surface area contributed by atoms with E-state index in [1.807, 2.05) is 0 Å². The molecule has 0 heterocycles. The van der Waals surface area contributed by atoms with Gasteiger partial charge in [0.2, 0.25) is 0 Å². The molecule has 0 aromatic rings. The molecule has 0 radical (unpaired) electrons. The lowest BCUT2D eigenvalue weighted by molar-refractivity contribution is -0.193. The standard InChI is InChI=1S/C6H7F3O2.C4H3F3O2/c1-4(2)5(10)11-3-6(7,8)9;1-2-9-3(8)4(5,6)7/h1,3H2,2H3;2H,1H2. The van der Waals surface area contributed by atoms with Crippen LogP contribution in [0.1, 0.15) is 6.92 Å². The highest BCUT2D eigenvalue weighted by Gasteiger charge is 2.40. The SMILES string of the molecule is C=C(C)C(=O)OCC(F)(F)F.C=COC(=O)C(F)(F)F. The first-order valence-corrected chi connectivity index (χ1v) is 4.59. The maximum atomic E-state index is 11.4. The van der Waals surface area contributed by atoms with E-state index in [1.165, 1.54) is 6.92 Å². The van der Waals surface area contributed by atoms with Crippen molar-refractivity contribution >= 4 is 11.9 Å². The van der Waals surface area contributed by atoms with Gasteiger partial charge in [0.1, 0.15) is 0 Å². The van der Waals surface area contributed by atoms with Crippen molar-refractivity contribution in [3.8, 4) is 0 Å². The van der Waals surface area contributed by atoms with E-state index in [-0.39, 0.29) is 5.57 Å². The Morgan fingerprint density at radius 2 is 1.60 bits per heavy atom. The van der Waals surface area contributed by atoms with Crippen molar-refractivity contribution in [2.75, 3.05) is 6.61 Å². The molecule has 0 fully saturated rings. The van der Waals surface area contributed by atoms with Gasteiger partial charge in [0.25, 0.3) is 0 Å². The Labute approximate surface area is 109 Å². The summed E-state index contributed by atoms with van der Waals surface area (Å²) in [5.74, 6) is -3.28. The molecule has 10 heteroatoms. The van der Waals surface area contributed by atoms with E-state index in [2.05, 4.69) is 22.6 Å². The van der Waals surface area contributed by atoms with Gasteiger partial charge in [-0.25, -0.2) is 9.59 Å². The van der Waals surface area contributed by atoms with E-state index < -0.39 is 30.9 Å². The summed E-state index contributed by atoms with van der Waals surface area (Å²) in [6.45, 7) is 5.60. The molecule has 4 nitrogen and oxygen atoms in total. The van der Waals surface area contributed by atoms with Crippen LogP contribution in [0.5, 0.6) is 0 Å². The molecule has 0 saturated carbocycles. The second-order valence-electron chi connectivity index (χ2n) is 3.04. The first-order chi connectivity index (χ1) is 8.81. The van der Waals surface area contributed by atoms with Gasteiger partial charge in [-0.2, -0.15) is 26.3 Å². The first kappa shape index (κ1) is 20.3. The van der Waals surface area contributed by atoms with Crippen LogP contribution in [0.15, 0.2) is 25.0 Å². The molecule has 0 rings (SSSR count). The summed E-state index contributed by atoms with van der Waals surface area (Å²) in [4.78, 5) is 20.0. The highest BCUT2D eigenvalue weighted by molar-refractivity contribution is 5.86. The monoisotopic (exact) mass is 308 g/mol. The average Bonchev–Trinajstić information content (AvgIpc) is 2.24. The van der Waals surface area contributed by atoms with E-state index in [1.54, 1.807) is 0 Å². The Bertz CT molecular complexity index is 369. The summed E-state index contributed by atoms with van der Waals surface area (Å²) in [5.41, 5.74) is -0.0470. The van der Waals surface area contributed by atoms with Crippen LogP contribution in [-0.4, -0.2) is 30.9 Å². The van der Waals surface area contributed by atoms with E-state index in [0.717, 1.165) is 0 Å². The number of hydrogen-bond acceptors (Lipinski definition) is 4. The third-order valence-corrected chi connectivity index (χ3v) is 1.14. The van der Waals surface area contributed by atoms with Gasteiger partial charge in [-0.3, -0.25) is 0 Å². The molecule has 0 unspecified atom stereocenters. The number of carbonyl (C=O) groups is 2. The first-order valence-electron chi connectivity index (χ1n) is 4.59. The lowest BCUT2D eigenvalue weighted by Crippen LogP contribution is -2.23. The number of ether oxygens (including phenoxy) is 2. The highest BCUT2D eigenvalue weighted by Crippen LogP contribution is 2.16. The zero-order chi connectivity index (χ0) is 16.6. The second kappa shape index (κ2) is 8.23. The van der Waals surface area contributed by atoms with Gasteiger partial charge in [-0.15, -0.1) is 0 Å². The van der Waals surface area contributed by atoms with Crippen LogP contribution in [0.25, 0.3) is 0 Å². The predicted octanol–water partition coefficient (Wildman–Crippen LogP) is 2.90. The average molecular weight is 308 g/mol. The van der Waals surface area contributed by atoms with Crippen LogP contribution < -0.4 is 0 Å². The Morgan fingerprint density at radius 3 is 1.80 bits per heavy atom. The van der Waals surface area contributed by atoms with Crippen molar-refractivity contribution in [1.29, 1.82) is 0 Å². The molecule has 0 aliphatic rings. The van der Waals surface area contributed by atoms with E-state index in [9.17, 15) is 35.9 Å². The van der Waals surface area contributed by atoms with Crippen molar-refractivity contribution < 1.29 is 45.4 Å². The summed E-state index contributed by atoms with van der Waals surface area (Å²) < 4.78 is 74.7. The molecule has 0 N–H and O–H groups in total. The van der Waals surface area contributed by atoms with Crippen LogP contribution in [0, 0.1) is 0 Å². The van der Waals surface area contributed by atoms with Crippen LogP contribution >= 0.6 is 0 Å². The fraction of sp³-hybridized carbons (Fsp3) is 0.400. The molecule has 0 aliphatic carbocycles. The lowest BCUT2D eigenvalue weighted by atomic mass is 10.4. The minimum absolute atomic E-state index is 0.0470. The number of carbonyl (C=O) groups excluding carboxylic acids is 2. The van der Waals surface area contributed by atoms with E-state index in [4.69, 9.17) is 0 Å². The highest BCUT2D eigenvalue weighted by atomic mass is 19.4. The van der Waals surface area contributed by atoms with Crippen molar-refractivity contribution in [1.82, 2.24) is 0 Å². The van der Waals surface area contributed by atoms with Gasteiger partial charge in [-0.1, -0.05) is 13.2 Å². The normalized spacial score (nSPS) is 10.8. The molecular formula is C10H10F6O4. The quantitative estimate of drug-likeness (QED) is 0.348. The summed E-state index contributed by atoms with van der Waals surface area (Å²) >= 11 is 0. The molecule has 0 saturated heterocycles. The predicted molar refractivity (Wildman–Crippen MR) is 54.2 cm³/mol. The zero-order valence-corrected chi connectivity index (χ0v) is 10.1. The van der Waals surface area contributed by atoms with Gasteiger partial charge < -0.3 is 9.47 Å². The topological polar surface area (TPSA) is 52.6 Å². The smallest absolute Gasteiger partial charge is 0.453 e.